The summed E-state index contributed by atoms with van der Waals surface area (Å²) in [4.78, 5) is 12.5. The second kappa shape index (κ2) is 11.7. The number of halogens is 1. The molecule has 0 aliphatic carbocycles. The number of amides is 1. The number of ether oxygens (including phenoxy) is 1. The lowest BCUT2D eigenvalue weighted by molar-refractivity contribution is -0.118. The maximum atomic E-state index is 12.5. The summed E-state index contributed by atoms with van der Waals surface area (Å²) in [5.41, 5.74) is 5.76. The average Bonchev–Trinajstić information content (AvgIpc) is 3.30. The van der Waals surface area contributed by atoms with Crippen molar-refractivity contribution in [2.45, 2.75) is 19.0 Å². The zero-order chi connectivity index (χ0) is 25.5. The first-order valence-electron chi connectivity index (χ1n) is 11.1. The van der Waals surface area contributed by atoms with Crippen LogP contribution in [0.5, 0.6) is 11.5 Å². The second-order valence-corrected chi connectivity index (χ2v) is 9.07. The lowest BCUT2D eigenvalue weighted by Crippen LogP contribution is -2.20. The van der Waals surface area contributed by atoms with Gasteiger partial charge in [0.25, 0.3) is 5.91 Å². The van der Waals surface area contributed by atoms with Crippen molar-refractivity contribution in [1.29, 1.82) is 0 Å². The van der Waals surface area contributed by atoms with Crippen molar-refractivity contribution in [2.75, 3.05) is 12.4 Å². The number of hydrazone groups is 1. The van der Waals surface area contributed by atoms with Crippen LogP contribution in [0.15, 0.2) is 77.0 Å². The Labute approximate surface area is 218 Å². The van der Waals surface area contributed by atoms with Gasteiger partial charge in [0.2, 0.25) is 0 Å². The van der Waals surface area contributed by atoms with E-state index in [1.807, 2.05) is 54.8 Å². The molecule has 0 aliphatic heterocycles. The maximum absolute atomic E-state index is 12.5. The van der Waals surface area contributed by atoms with Gasteiger partial charge in [0, 0.05) is 21.8 Å². The first-order valence-corrected chi connectivity index (χ1v) is 12.5. The van der Waals surface area contributed by atoms with Gasteiger partial charge in [0.1, 0.15) is 0 Å². The fraction of sp³-hybridized carbons (Fsp3) is 0.154. The van der Waals surface area contributed by atoms with E-state index in [4.69, 9.17) is 16.3 Å². The Morgan fingerprint density at radius 3 is 2.61 bits per heavy atom. The number of para-hydroxylation sites is 1. The van der Waals surface area contributed by atoms with Gasteiger partial charge in [-0.3, -0.25) is 9.36 Å². The van der Waals surface area contributed by atoms with Crippen LogP contribution in [-0.4, -0.2) is 44.4 Å². The Hall–Kier alpha value is -3.82. The van der Waals surface area contributed by atoms with Crippen LogP contribution in [0.1, 0.15) is 18.1 Å². The summed E-state index contributed by atoms with van der Waals surface area (Å²) in [5, 5.41) is 24.1. The molecule has 36 heavy (non-hydrogen) atoms. The lowest BCUT2D eigenvalue weighted by atomic mass is 10.2. The molecule has 0 aliphatic rings. The molecule has 8 nitrogen and oxygen atoms in total. The molecule has 0 saturated heterocycles. The van der Waals surface area contributed by atoms with Gasteiger partial charge < -0.3 is 9.84 Å². The Morgan fingerprint density at radius 2 is 1.89 bits per heavy atom. The predicted molar refractivity (Wildman–Crippen MR) is 142 cm³/mol. The van der Waals surface area contributed by atoms with Crippen LogP contribution < -0.4 is 10.2 Å². The number of phenolic OH excluding ortho intramolecular Hbond substituents is 1. The number of aromatic nitrogens is 3. The Morgan fingerprint density at radius 1 is 1.14 bits per heavy atom. The summed E-state index contributed by atoms with van der Waals surface area (Å²) < 4.78 is 7.27. The summed E-state index contributed by atoms with van der Waals surface area (Å²) in [7, 11) is 0. The largest absolute Gasteiger partial charge is 0.504 e. The molecule has 0 spiro atoms. The lowest BCUT2D eigenvalue weighted by Gasteiger charge is -2.11. The van der Waals surface area contributed by atoms with Crippen molar-refractivity contribution in [3.8, 4) is 28.6 Å². The quantitative estimate of drug-likeness (QED) is 0.177. The molecule has 4 rings (SSSR count). The molecular formula is C26H24ClN5O3S. The minimum Gasteiger partial charge on any atom is -0.504 e. The number of aromatic hydroxyl groups is 1. The van der Waals surface area contributed by atoms with Crippen molar-refractivity contribution in [2.24, 2.45) is 5.10 Å². The Kier molecular flexibility index (Phi) is 8.24. The van der Waals surface area contributed by atoms with Crippen molar-refractivity contribution in [3.05, 3.63) is 82.9 Å². The number of nitrogens with zero attached hydrogens (tertiary/aromatic N) is 4. The summed E-state index contributed by atoms with van der Waals surface area (Å²) in [6.45, 7) is 4.27. The molecular weight excluding hydrogens is 498 g/mol. The fourth-order valence-electron chi connectivity index (χ4n) is 3.33. The van der Waals surface area contributed by atoms with Crippen molar-refractivity contribution >= 4 is 35.5 Å². The topological polar surface area (TPSA) is 102 Å². The van der Waals surface area contributed by atoms with Gasteiger partial charge in [-0.15, -0.1) is 10.2 Å². The van der Waals surface area contributed by atoms with E-state index in [2.05, 4.69) is 20.7 Å². The first kappa shape index (κ1) is 25.3. The van der Waals surface area contributed by atoms with Crippen LogP contribution in [0.25, 0.3) is 17.1 Å². The normalized spacial score (nSPS) is 11.1. The zero-order valence-corrected chi connectivity index (χ0v) is 21.3. The number of hydrogen-bond acceptors (Lipinski definition) is 7. The third-order valence-corrected chi connectivity index (χ3v) is 6.26. The molecule has 0 atom stereocenters. The Bertz CT molecular complexity index is 1370. The van der Waals surface area contributed by atoms with Crippen molar-refractivity contribution in [1.82, 2.24) is 20.2 Å². The van der Waals surface area contributed by atoms with E-state index in [9.17, 15) is 9.90 Å². The third-order valence-electron chi connectivity index (χ3n) is 5.08. The molecule has 0 fully saturated rings. The summed E-state index contributed by atoms with van der Waals surface area (Å²) >= 11 is 7.29. The highest BCUT2D eigenvalue weighted by atomic mass is 35.5. The molecule has 0 saturated carbocycles. The van der Waals surface area contributed by atoms with Gasteiger partial charge in [-0.05, 0) is 62.4 Å². The van der Waals surface area contributed by atoms with Gasteiger partial charge in [0.05, 0.1) is 18.6 Å². The number of rotatable bonds is 9. The number of nitrogens with one attached hydrogen (secondary N) is 1. The highest BCUT2D eigenvalue weighted by Gasteiger charge is 2.17. The molecule has 1 amide bonds. The minimum atomic E-state index is -0.330. The van der Waals surface area contributed by atoms with Gasteiger partial charge in [-0.1, -0.05) is 47.1 Å². The van der Waals surface area contributed by atoms with Gasteiger partial charge in [-0.2, -0.15) is 5.10 Å². The van der Waals surface area contributed by atoms with E-state index in [0.29, 0.717) is 33.9 Å². The number of carbonyl (C=O) groups excluding carboxylic acids is 1. The number of benzene rings is 3. The van der Waals surface area contributed by atoms with Crippen LogP contribution in [0.4, 0.5) is 0 Å². The van der Waals surface area contributed by atoms with Crippen LogP contribution >= 0.6 is 23.4 Å². The average molecular weight is 522 g/mol. The van der Waals surface area contributed by atoms with Gasteiger partial charge >= 0.3 is 0 Å². The van der Waals surface area contributed by atoms with Crippen LogP contribution in [0.2, 0.25) is 5.02 Å². The molecule has 1 aromatic heterocycles. The standard InChI is InChI=1S/C26H24ClN5O3S/c1-3-35-22-6-4-5-19(24(22)34)15-28-29-23(33)16-36-26-31-30-25(18-9-11-20(27)12-10-18)32(26)21-13-7-17(2)8-14-21/h4-15,34H,3,16H2,1-2H3,(H,29,33). The third kappa shape index (κ3) is 6.05. The van der Waals surface area contributed by atoms with Crippen molar-refractivity contribution < 1.29 is 14.6 Å². The molecule has 0 bridgehead atoms. The molecule has 4 aromatic rings. The predicted octanol–water partition coefficient (Wildman–Crippen LogP) is 5.24. The molecule has 3 aromatic carbocycles. The summed E-state index contributed by atoms with van der Waals surface area (Å²) in [5.74, 6) is 0.694. The molecule has 1 heterocycles. The monoisotopic (exact) mass is 521 g/mol. The van der Waals surface area contributed by atoms with Crippen LogP contribution in [-0.2, 0) is 4.79 Å². The van der Waals surface area contributed by atoms with Crippen molar-refractivity contribution in [3.63, 3.8) is 0 Å². The van der Waals surface area contributed by atoms with E-state index >= 15 is 0 Å². The van der Waals surface area contributed by atoms with Gasteiger partial charge in [0.15, 0.2) is 22.5 Å². The number of aryl methyl sites for hydroxylation is 1. The molecule has 2 N–H and O–H groups in total. The van der Waals surface area contributed by atoms with E-state index in [1.165, 1.54) is 18.0 Å². The number of thioether (sulfide) groups is 1. The first-order chi connectivity index (χ1) is 17.5. The zero-order valence-electron chi connectivity index (χ0n) is 19.7. The molecule has 10 heteroatoms. The van der Waals surface area contributed by atoms with Crippen LogP contribution in [0, 0.1) is 6.92 Å². The van der Waals surface area contributed by atoms with Gasteiger partial charge in [-0.25, -0.2) is 5.43 Å². The number of carbonyl (C=O) groups is 1. The maximum Gasteiger partial charge on any atom is 0.250 e. The molecule has 184 valence electrons. The van der Waals surface area contributed by atoms with E-state index < -0.39 is 0 Å². The van der Waals surface area contributed by atoms with E-state index in [1.54, 1.807) is 30.3 Å². The summed E-state index contributed by atoms with van der Waals surface area (Å²) in [6, 6.07) is 20.4. The van der Waals surface area contributed by atoms with Crippen LogP contribution in [0.3, 0.4) is 0 Å². The molecule has 0 radical (unpaired) electrons. The second-order valence-electron chi connectivity index (χ2n) is 7.69. The smallest absolute Gasteiger partial charge is 0.250 e. The highest BCUT2D eigenvalue weighted by molar-refractivity contribution is 7.99. The van der Waals surface area contributed by atoms with E-state index in [-0.39, 0.29) is 17.4 Å². The SMILES string of the molecule is CCOc1cccc(C=NNC(=O)CSc2nnc(-c3ccc(Cl)cc3)n2-c2ccc(C)cc2)c1O. The number of phenols is 1. The highest BCUT2D eigenvalue weighted by Crippen LogP contribution is 2.30. The fourth-order valence-corrected chi connectivity index (χ4v) is 4.20. The summed E-state index contributed by atoms with van der Waals surface area (Å²) in [6.07, 6.45) is 1.37. The number of hydrogen-bond donors (Lipinski definition) is 2. The molecule has 0 unspecified atom stereocenters. The van der Waals surface area contributed by atoms with E-state index in [0.717, 1.165) is 16.8 Å². The minimum absolute atomic E-state index is 0.0346. The Balaban J connectivity index is 1.49.